The molecule has 0 aliphatic rings. The number of rotatable bonds is 3. The highest BCUT2D eigenvalue weighted by Crippen LogP contribution is 2.27. The maximum absolute atomic E-state index is 10.7. The zero-order chi connectivity index (χ0) is 11.7. The normalized spacial score (nSPS) is 11.2. The van der Waals surface area contributed by atoms with E-state index in [9.17, 15) is 4.79 Å². The molecule has 2 rings (SSSR count). The monoisotopic (exact) mass is 279 g/mol. The number of nitrogens with zero attached hydrogens (tertiary/aromatic N) is 1. The van der Waals surface area contributed by atoms with E-state index in [1.165, 1.54) is 10.9 Å². The number of hydrogen-bond acceptors (Lipinski definition) is 1. The first kappa shape index (κ1) is 11.4. The Balaban J connectivity index is 2.71. The Morgan fingerprint density at radius 1 is 1.38 bits per heavy atom. The van der Waals surface area contributed by atoms with Crippen LogP contribution in [0.3, 0.4) is 0 Å². The largest absolute Gasteiger partial charge is 0.342 e. The molecule has 0 fully saturated rings. The second-order valence-corrected chi connectivity index (χ2v) is 5.09. The molecule has 0 bridgehead atoms. The van der Waals surface area contributed by atoms with Crippen LogP contribution in [-0.4, -0.2) is 10.9 Å². The summed E-state index contributed by atoms with van der Waals surface area (Å²) in [5.41, 5.74) is 2.26. The van der Waals surface area contributed by atoms with Crippen LogP contribution in [0.25, 0.3) is 10.9 Å². The Hall–Kier alpha value is -1.09. The van der Waals surface area contributed by atoms with Crippen molar-refractivity contribution in [1.29, 1.82) is 0 Å². The fourth-order valence-electron chi connectivity index (χ4n) is 2.10. The zero-order valence-electron chi connectivity index (χ0n) is 9.40. The molecule has 1 aromatic heterocycles. The number of benzene rings is 1. The number of fused-ring (bicyclic) bond motifs is 1. The van der Waals surface area contributed by atoms with Gasteiger partial charge in [0.15, 0.2) is 0 Å². The molecule has 3 heteroatoms. The van der Waals surface area contributed by atoms with Gasteiger partial charge in [-0.1, -0.05) is 22.0 Å². The van der Waals surface area contributed by atoms with Gasteiger partial charge in [0.1, 0.15) is 6.29 Å². The third kappa shape index (κ3) is 1.92. The average molecular weight is 280 g/mol. The lowest BCUT2D eigenvalue weighted by Gasteiger charge is -2.13. The van der Waals surface area contributed by atoms with Gasteiger partial charge in [-0.2, -0.15) is 0 Å². The first-order chi connectivity index (χ1) is 7.63. The number of aromatic nitrogens is 1. The second-order valence-electron chi connectivity index (χ2n) is 4.17. The molecule has 0 spiro atoms. The summed E-state index contributed by atoms with van der Waals surface area (Å²) in [7, 11) is 0. The van der Waals surface area contributed by atoms with E-state index in [1.807, 2.05) is 6.07 Å². The van der Waals surface area contributed by atoms with E-state index in [-0.39, 0.29) is 0 Å². The molecule has 0 unspecified atom stereocenters. The van der Waals surface area contributed by atoms with Crippen molar-refractivity contribution in [3.63, 3.8) is 0 Å². The van der Waals surface area contributed by atoms with Crippen LogP contribution in [0.4, 0.5) is 0 Å². The molecule has 0 saturated heterocycles. The maximum atomic E-state index is 10.7. The fraction of sp³-hybridized carbons (Fsp3) is 0.308. The van der Waals surface area contributed by atoms with Crippen LogP contribution >= 0.6 is 15.9 Å². The third-order valence-corrected chi connectivity index (χ3v) is 3.19. The van der Waals surface area contributed by atoms with E-state index in [1.54, 1.807) is 0 Å². The highest BCUT2D eigenvalue weighted by Gasteiger charge is 2.11. The van der Waals surface area contributed by atoms with Gasteiger partial charge in [-0.3, -0.25) is 0 Å². The van der Waals surface area contributed by atoms with Crippen molar-refractivity contribution in [3.8, 4) is 0 Å². The van der Waals surface area contributed by atoms with Gasteiger partial charge in [-0.25, -0.2) is 0 Å². The molecule has 0 N–H and O–H groups in total. The van der Waals surface area contributed by atoms with Crippen molar-refractivity contribution in [1.82, 2.24) is 4.57 Å². The van der Waals surface area contributed by atoms with Crippen molar-refractivity contribution in [2.45, 2.75) is 26.3 Å². The quantitative estimate of drug-likeness (QED) is 0.785. The number of carbonyl (C=O) groups excluding carboxylic acids is 1. The van der Waals surface area contributed by atoms with Crippen LogP contribution in [0, 0.1) is 0 Å². The fourth-order valence-corrected chi connectivity index (χ4v) is 2.45. The minimum absolute atomic E-state index is 0.363. The average Bonchev–Trinajstić information content (AvgIpc) is 2.55. The Labute approximate surface area is 103 Å². The molecule has 84 valence electrons. The Morgan fingerprint density at radius 3 is 2.75 bits per heavy atom. The Kier molecular flexibility index (Phi) is 3.15. The van der Waals surface area contributed by atoms with Crippen molar-refractivity contribution in [2.24, 2.45) is 0 Å². The van der Waals surface area contributed by atoms with Gasteiger partial charge < -0.3 is 9.36 Å². The van der Waals surface area contributed by atoms with Gasteiger partial charge in [-0.05, 0) is 37.4 Å². The summed E-state index contributed by atoms with van der Waals surface area (Å²) in [6, 6.07) is 8.66. The van der Waals surface area contributed by atoms with Gasteiger partial charge in [0.2, 0.25) is 0 Å². The Bertz CT molecular complexity index is 528. The van der Waals surface area contributed by atoms with Crippen LogP contribution in [0.1, 0.15) is 25.6 Å². The summed E-state index contributed by atoms with van der Waals surface area (Å²) in [5.74, 6) is 0. The molecule has 1 aromatic carbocycles. The molecule has 0 saturated carbocycles. The third-order valence-electron chi connectivity index (χ3n) is 2.69. The van der Waals surface area contributed by atoms with Gasteiger partial charge >= 0.3 is 0 Å². The number of hydrogen-bond donors (Lipinski definition) is 0. The lowest BCUT2D eigenvalue weighted by atomic mass is 10.2. The predicted octanol–water partition coefficient (Wildman–Crippen LogP) is 3.73. The number of carbonyl (C=O) groups is 1. The second kappa shape index (κ2) is 4.42. The number of halogens is 1. The van der Waals surface area contributed by atoms with Gasteiger partial charge in [0.25, 0.3) is 0 Å². The highest BCUT2D eigenvalue weighted by atomic mass is 79.9. The minimum atomic E-state index is 0.363. The molecule has 2 nitrogen and oxygen atoms in total. The molecular weight excluding hydrogens is 266 g/mol. The minimum Gasteiger partial charge on any atom is -0.342 e. The lowest BCUT2D eigenvalue weighted by molar-refractivity contribution is -0.107. The summed E-state index contributed by atoms with van der Waals surface area (Å²) in [4.78, 5) is 10.7. The molecule has 16 heavy (non-hydrogen) atoms. The van der Waals surface area contributed by atoms with Crippen molar-refractivity contribution >= 4 is 33.1 Å². The van der Waals surface area contributed by atoms with E-state index in [0.29, 0.717) is 12.5 Å². The maximum Gasteiger partial charge on any atom is 0.125 e. The predicted molar refractivity (Wildman–Crippen MR) is 69.8 cm³/mol. The van der Waals surface area contributed by atoms with Crippen molar-refractivity contribution in [3.05, 3.63) is 34.4 Å². The van der Waals surface area contributed by atoms with Crippen molar-refractivity contribution < 1.29 is 4.79 Å². The summed E-state index contributed by atoms with van der Waals surface area (Å²) in [6.45, 7) is 4.27. The van der Waals surface area contributed by atoms with Crippen LogP contribution < -0.4 is 0 Å². The van der Waals surface area contributed by atoms with Crippen LogP contribution in [-0.2, 0) is 11.2 Å². The van der Waals surface area contributed by atoms with E-state index < -0.39 is 0 Å². The molecule has 0 amide bonds. The Morgan fingerprint density at radius 2 is 2.12 bits per heavy atom. The van der Waals surface area contributed by atoms with Crippen LogP contribution in [0.2, 0.25) is 0 Å². The van der Waals surface area contributed by atoms with Gasteiger partial charge in [0, 0.05) is 28.1 Å². The molecule has 0 aliphatic heterocycles. The molecule has 0 aliphatic carbocycles. The molecule has 1 heterocycles. The molecule has 2 aromatic rings. The van der Waals surface area contributed by atoms with Gasteiger partial charge in [0.05, 0.1) is 0 Å². The highest BCUT2D eigenvalue weighted by molar-refractivity contribution is 9.10. The SMILES string of the molecule is CC(C)n1c(CC=O)cc2ccc(Br)cc21. The topological polar surface area (TPSA) is 22.0 Å². The molecule has 0 atom stereocenters. The zero-order valence-corrected chi connectivity index (χ0v) is 11.0. The molecule has 0 radical (unpaired) electrons. The smallest absolute Gasteiger partial charge is 0.125 e. The van der Waals surface area contributed by atoms with Gasteiger partial charge in [-0.15, -0.1) is 0 Å². The first-order valence-corrected chi connectivity index (χ1v) is 6.15. The number of aldehydes is 1. The summed E-state index contributed by atoms with van der Waals surface area (Å²) < 4.78 is 3.28. The van der Waals surface area contributed by atoms with E-state index in [2.05, 4.69) is 52.5 Å². The summed E-state index contributed by atoms with van der Waals surface area (Å²) >= 11 is 3.48. The summed E-state index contributed by atoms with van der Waals surface area (Å²) in [5, 5.41) is 1.19. The van der Waals surface area contributed by atoms with E-state index in [0.717, 1.165) is 16.5 Å². The van der Waals surface area contributed by atoms with Crippen LogP contribution in [0.5, 0.6) is 0 Å². The van der Waals surface area contributed by atoms with Crippen LogP contribution in [0.15, 0.2) is 28.7 Å². The standard InChI is InChI=1S/C13H14BrNO/c1-9(2)15-12(5-6-16)7-10-3-4-11(14)8-13(10)15/h3-4,6-9H,5H2,1-2H3. The lowest BCUT2D eigenvalue weighted by Crippen LogP contribution is -2.05. The first-order valence-electron chi connectivity index (χ1n) is 5.36. The van der Waals surface area contributed by atoms with Crippen molar-refractivity contribution in [2.75, 3.05) is 0 Å². The molecular formula is C13H14BrNO. The van der Waals surface area contributed by atoms with E-state index in [4.69, 9.17) is 0 Å². The van der Waals surface area contributed by atoms with E-state index >= 15 is 0 Å². The summed E-state index contributed by atoms with van der Waals surface area (Å²) in [6.07, 6.45) is 1.44.